The molecular weight excluding hydrogens is 933 g/mol. The Morgan fingerprint density at radius 3 is 2.11 bits per heavy atom. The quantitative estimate of drug-likeness (QED) is 0.00859. The molecule has 1 unspecified atom stereocenters. The summed E-state index contributed by atoms with van der Waals surface area (Å²) in [5.41, 5.74) is 6.33. The van der Waals surface area contributed by atoms with Crippen molar-refractivity contribution in [2.45, 2.75) is 32.6 Å². The van der Waals surface area contributed by atoms with E-state index in [1.165, 1.54) is 48.7 Å². The number of aliphatic hydroxyl groups is 2. The number of pyridine rings is 1. The highest BCUT2D eigenvalue weighted by atomic mass is 32.2. The van der Waals surface area contributed by atoms with E-state index in [1.54, 1.807) is 19.1 Å². The van der Waals surface area contributed by atoms with Gasteiger partial charge in [-0.1, -0.05) is 15.1 Å². The van der Waals surface area contributed by atoms with E-state index in [4.69, 9.17) is 26.2 Å². The number of azo groups is 3. The monoisotopic (exact) mass is 962 g/mol. The summed E-state index contributed by atoms with van der Waals surface area (Å²) in [4.78, 5) is 4.03. The summed E-state index contributed by atoms with van der Waals surface area (Å²) in [7, 11) is -4.76. The fourth-order valence-electron chi connectivity index (χ4n) is 5.50. The number of benzene rings is 5. The maximum atomic E-state index is 11.9. The van der Waals surface area contributed by atoms with Crippen molar-refractivity contribution in [2.75, 3.05) is 18.9 Å². The molecule has 29 heteroatoms. The average molecular weight is 963 g/mol. The second kappa shape index (κ2) is 21.8. The van der Waals surface area contributed by atoms with E-state index >= 15 is 0 Å². The van der Waals surface area contributed by atoms with E-state index in [9.17, 15) is 33.4 Å². The van der Waals surface area contributed by atoms with Gasteiger partial charge in [0.05, 0.1) is 74.5 Å². The van der Waals surface area contributed by atoms with Gasteiger partial charge in [-0.2, -0.15) is 18.6 Å². The summed E-state index contributed by atoms with van der Waals surface area (Å²) < 4.78 is 52.8. The number of anilines is 1. The molecular formula is C35H30N8O17S4. The molecule has 336 valence electrons. The minimum Gasteiger partial charge on any atom is -0.505 e. The van der Waals surface area contributed by atoms with Crippen molar-refractivity contribution in [2.24, 2.45) is 30.7 Å². The van der Waals surface area contributed by atoms with Crippen molar-refractivity contribution in [3.8, 4) is 17.2 Å². The molecule has 25 nitrogen and oxygen atoms in total. The normalized spacial score (nSPS) is 12.7. The van der Waals surface area contributed by atoms with Crippen molar-refractivity contribution in [3.63, 3.8) is 0 Å². The summed E-state index contributed by atoms with van der Waals surface area (Å²) in [5.74, 6) is -0.923. The van der Waals surface area contributed by atoms with E-state index < -0.39 is 40.1 Å². The largest absolute Gasteiger partial charge is 0.505 e. The molecule has 0 saturated carbocycles. The Kier molecular flexibility index (Phi) is 16.3. The molecule has 1 heterocycles. The summed E-state index contributed by atoms with van der Waals surface area (Å²) >= 11 is 1.50. The molecule has 0 saturated heterocycles. The van der Waals surface area contributed by atoms with E-state index in [1.807, 2.05) is 0 Å². The molecule has 0 spiro atoms. The zero-order chi connectivity index (χ0) is 46.0. The zero-order valence-electron chi connectivity index (χ0n) is 32.0. The van der Waals surface area contributed by atoms with Gasteiger partial charge >= 0.3 is 0 Å². The number of hydrogen-bond acceptors (Lipinski definition) is 27. The molecule has 0 bridgehead atoms. The van der Waals surface area contributed by atoms with Gasteiger partial charge in [0.15, 0.2) is 11.5 Å². The number of nitrogens with two attached hydrogens (primary N) is 1. The second-order valence-corrected chi connectivity index (χ2v) is 16.1. The van der Waals surface area contributed by atoms with Crippen LogP contribution in [-0.4, -0.2) is 73.5 Å². The average Bonchev–Trinajstić information content (AvgIpc) is 3.28. The third kappa shape index (κ3) is 11.5. The number of nitrogen functional groups attached to an aromatic ring is 1. The van der Waals surface area contributed by atoms with Crippen LogP contribution < -0.4 is 10.5 Å². The van der Waals surface area contributed by atoms with Gasteiger partial charge in [-0.3, -0.25) is 9.54 Å². The number of phenolic OH excluding ortho intramolecular Hbond substituents is 2. The van der Waals surface area contributed by atoms with Crippen molar-refractivity contribution in [1.29, 1.82) is 0 Å². The molecule has 0 amide bonds. The minimum atomic E-state index is -4.76. The Morgan fingerprint density at radius 2 is 1.41 bits per heavy atom. The highest BCUT2D eigenvalue weighted by Gasteiger charge is 2.22. The number of aromatic hydroxyl groups is 2. The van der Waals surface area contributed by atoms with Crippen LogP contribution in [0.1, 0.15) is 5.56 Å². The van der Waals surface area contributed by atoms with Crippen LogP contribution in [0.15, 0.2) is 123 Å². The third-order valence-electron chi connectivity index (χ3n) is 8.39. The van der Waals surface area contributed by atoms with Crippen LogP contribution in [0.4, 0.5) is 39.8 Å². The first kappa shape index (κ1) is 47.8. The van der Waals surface area contributed by atoms with Gasteiger partial charge < -0.3 is 30.9 Å². The van der Waals surface area contributed by atoms with Gasteiger partial charge in [0, 0.05) is 23.0 Å². The Labute approximate surface area is 371 Å². The topological polar surface area (TPSA) is 374 Å². The number of aliphatic hydroxyl groups excluding tert-OH is 2. The maximum absolute atomic E-state index is 11.9. The first-order valence-electron chi connectivity index (χ1n) is 17.3. The Hall–Kier alpha value is -5.71. The lowest BCUT2D eigenvalue weighted by Gasteiger charge is -2.14. The molecule has 0 aliphatic carbocycles. The van der Waals surface area contributed by atoms with Crippen molar-refractivity contribution in [1.82, 2.24) is 4.98 Å². The van der Waals surface area contributed by atoms with Crippen LogP contribution in [-0.2, 0) is 38.2 Å². The number of aromatic nitrogens is 1. The minimum absolute atomic E-state index is 0.00740. The third-order valence-corrected chi connectivity index (χ3v) is 11.2. The zero-order valence-corrected chi connectivity index (χ0v) is 35.3. The molecule has 1 atom stereocenters. The van der Waals surface area contributed by atoms with Gasteiger partial charge in [-0.25, -0.2) is 15.8 Å². The summed E-state index contributed by atoms with van der Waals surface area (Å²) in [6.07, 6.45) is 0.134. The fraction of sp³-hybridized carbons (Fsp3) is 0.114. The van der Waals surface area contributed by atoms with E-state index in [-0.39, 0.29) is 77.4 Å². The van der Waals surface area contributed by atoms with Gasteiger partial charge in [-0.15, -0.1) is 33.5 Å². The molecule has 5 aromatic carbocycles. The van der Waals surface area contributed by atoms with E-state index in [0.29, 0.717) is 52.0 Å². The highest BCUT2D eigenvalue weighted by Crippen LogP contribution is 2.47. The lowest BCUT2D eigenvalue weighted by atomic mass is 10.1. The molecule has 10 N–H and O–H groups in total. The number of nitrogens with zero attached hydrogens (tertiary/aromatic N) is 7. The van der Waals surface area contributed by atoms with Crippen LogP contribution in [0.2, 0.25) is 0 Å². The lowest BCUT2D eigenvalue weighted by molar-refractivity contribution is -0.432. The van der Waals surface area contributed by atoms with Crippen molar-refractivity contribution < 1.29 is 82.0 Å². The molecule has 6 aromatic rings. The van der Waals surface area contributed by atoms with E-state index in [0.717, 1.165) is 12.1 Å². The molecule has 0 radical (unpaired) electrons. The lowest BCUT2D eigenvalue weighted by Crippen LogP contribution is -2.21. The number of aryl methyl sites for hydroxylation is 1. The maximum Gasteiger partial charge on any atom is 0.296 e. The van der Waals surface area contributed by atoms with Gasteiger partial charge in [0.25, 0.3) is 10.1 Å². The first-order valence-corrected chi connectivity index (χ1v) is 21.0. The first-order chi connectivity index (χ1) is 30.8. The number of rotatable bonds is 20. The highest BCUT2D eigenvalue weighted by molar-refractivity contribution is 7.95. The van der Waals surface area contributed by atoms with E-state index in [2.05, 4.69) is 63.8 Å². The molecule has 64 heavy (non-hydrogen) atoms. The van der Waals surface area contributed by atoms with Crippen LogP contribution in [0.25, 0.3) is 21.7 Å². The fourth-order valence-corrected chi connectivity index (χ4v) is 7.61. The molecule has 1 aromatic heterocycles. The van der Waals surface area contributed by atoms with Gasteiger partial charge in [0.2, 0.25) is 0 Å². The Bertz CT molecular complexity index is 2880. The number of ether oxygens (including phenoxy) is 1. The summed E-state index contributed by atoms with van der Waals surface area (Å²) in [6.45, 7) is 0.575. The smallest absolute Gasteiger partial charge is 0.296 e. The second-order valence-electron chi connectivity index (χ2n) is 12.5. The van der Waals surface area contributed by atoms with Gasteiger partial charge in [0.1, 0.15) is 51.6 Å². The van der Waals surface area contributed by atoms with Crippen LogP contribution >= 0.6 is 36.1 Å². The number of phenols is 2. The number of fused-ring (bicyclic) bond motifs is 2. The molecule has 6 rings (SSSR count). The Morgan fingerprint density at radius 1 is 0.734 bits per heavy atom. The summed E-state index contributed by atoms with van der Waals surface area (Å²) in [5, 5.41) is 105. The molecule has 0 aliphatic heterocycles. The van der Waals surface area contributed by atoms with Crippen molar-refractivity contribution in [3.05, 3.63) is 78.5 Å². The molecule has 0 fully saturated rings. The molecule has 0 aliphatic rings. The predicted molar refractivity (Wildman–Crippen MR) is 224 cm³/mol. The predicted octanol–water partition coefficient (Wildman–Crippen LogP) is 9.20. The number of hydrogen-bond donors (Lipinski definition) is 9. The van der Waals surface area contributed by atoms with Gasteiger partial charge in [-0.05, 0) is 78.5 Å². The van der Waals surface area contributed by atoms with Crippen LogP contribution in [0.3, 0.4) is 0 Å². The van der Waals surface area contributed by atoms with Crippen LogP contribution in [0, 0.1) is 6.92 Å². The van der Waals surface area contributed by atoms with Crippen LogP contribution in [0.5, 0.6) is 17.2 Å². The SMILES string of the molecule is Cc1cc(N=Nc2c(SOOO)cc3cc(S(=O)(=O)O)c(N)cc3c2O)c(OCC(O)CO)cc1N=Nc1ccc(N=Nc2cc(SOOO)c3cccnc3c2O)c(SOOO)c1. The van der Waals surface area contributed by atoms with Crippen molar-refractivity contribution >= 4 is 108 Å². The Balaban J connectivity index is 1.34. The standard InChI is InChI=1S/C35H30N8O17S4/c1-16-7-25(41-43-33-30(63-60-57-50)8-17-9-31(64(51,52)53)22(36)11-21(17)34(33)46)27(54-15-19(45)14-44)12-24(16)40-38-18-4-5-23(29(10-18)62-59-56-49)39-42-26-13-28(61-58-55-48)20-3-2-6-37-32(20)35(26)47/h2-13,19,44-50H,14-15,36H2,1H3,(H,51,52,53). The summed E-state index contributed by atoms with van der Waals surface area (Å²) in [6, 6.07) is 15.3.